The molecule has 0 heterocycles. The van der Waals surface area contributed by atoms with Crippen molar-refractivity contribution in [3.05, 3.63) is 35.4 Å². The molecule has 1 atom stereocenters. The van der Waals surface area contributed by atoms with Crippen LogP contribution in [0.5, 0.6) is 0 Å². The molecular formula is C16H23F2N3O. The molecule has 1 saturated carbocycles. The Hall–Kier alpha value is -1.53. The highest BCUT2D eigenvalue weighted by molar-refractivity contribution is 5.78. The van der Waals surface area contributed by atoms with Gasteiger partial charge in [0, 0.05) is 12.1 Å². The van der Waals surface area contributed by atoms with Gasteiger partial charge in [0.15, 0.2) is 0 Å². The molecule has 1 fully saturated rings. The average molecular weight is 311 g/mol. The minimum atomic E-state index is -0.597. The first kappa shape index (κ1) is 16.8. The highest BCUT2D eigenvalue weighted by Crippen LogP contribution is 2.27. The number of hydrogen-bond acceptors (Lipinski definition) is 3. The van der Waals surface area contributed by atoms with Crippen LogP contribution in [0.15, 0.2) is 18.2 Å². The number of carbonyl (C=O) groups is 1. The second-order valence-electron chi connectivity index (χ2n) is 5.99. The fourth-order valence-electron chi connectivity index (χ4n) is 2.36. The zero-order valence-electron chi connectivity index (χ0n) is 13.0. The summed E-state index contributed by atoms with van der Waals surface area (Å²) in [6.07, 6.45) is 2.45. The minimum absolute atomic E-state index is 0.0151. The molecule has 0 spiro atoms. The SMILES string of the molecule is CN(C)C(CNC(=O)CNCC1CC1)c1c(F)cccc1F. The smallest absolute Gasteiger partial charge is 0.234 e. The minimum Gasteiger partial charge on any atom is -0.353 e. The number of hydrogen-bond donors (Lipinski definition) is 2. The molecule has 1 aliphatic rings. The number of nitrogens with zero attached hydrogens (tertiary/aromatic N) is 1. The Morgan fingerprint density at radius 3 is 2.50 bits per heavy atom. The van der Waals surface area contributed by atoms with E-state index in [0.29, 0.717) is 5.92 Å². The number of amides is 1. The Labute approximate surface area is 129 Å². The second-order valence-corrected chi connectivity index (χ2v) is 5.99. The van der Waals surface area contributed by atoms with Gasteiger partial charge in [-0.3, -0.25) is 4.79 Å². The predicted octanol–water partition coefficient (Wildman–Crippen LogP) is 1.68. The van der Waals surface area contributed by atoms with Crippen molar-refractivity contribution in [2.45, 2.75) is 18.9 Å². The predicted molar refractivity (Wildman–Crippen MR) is 81.4 cm³/mol. The van der Waals surface area contributed by atoms with E-state index in [2.05, 4.69) is 10.6 Å². The van der Waals surface area contributed by atoms with Crippen molar-refractivity contribution in [1.29, 1.82) is 0 Å². The molecule has 0 saturated heterocycles. The molecule has 2 rings (SSSR count). The standard InChI is InChI=1S/C16H23F2N3O/c1-21(2)14(16-12(17)4-3-5-13(16)18)9-20-15(22)10-19-8-11-6-7-11/h3-5,11,14,19H,6-10H2,1-2H3,(H,20,22). The van der Waals surface area contributed by atoms with E-state index < -0.39 is 17.7 Å². The molecule has 1 unspecified atom stereocenters. The summed E-state index contributed by atoms with van der Waals surface area (Å²) in [7, 11) is 3.46. The summed E-state index contributed by atoms with van der Waals surface area (Å²) in [5, 5.41) is 5.82. The van der Waals surface area contributed by atoms with E-state index in [1.165, 1.54) is 31.0 Å². The van der Waals surface area contributed by atoms with Gasteiger partial charge in [-0.25, -0.2) is 8.78 Å². The Kier molecular flexibility index (Phi) is 5.85. The number of benzene rings is 1. The van der Waals surface area contributed by atoms with Crippen LogP contribution in [0, 0.1) is 17.6 Å². The van der Waals surface area contributed by atoms with Gasteiger partial charge < -0.3 is 15.5 Å². The van der Waals surface area contributed by atoms with Gasteiger partial charge in [0.1, 0.15) is 11.6 Å². The van der Waals surface area contributed by atoms with E-state index >= 15 is 0 Å². The maximum atomic E-state index is 13.9. The molecular weight excluding hydrogens is 288 g/mol. The molecule has 0 bridgehead atoms. The molecule has 1 aromatic rings. The van der Waals surface area contributed by atoms with Crippen LogP contribution < -0.4 is 10.6 Å². The van der Waals surface area contributed by atoms with Crippen molar-refractivity contribution in [3.8, 4) is 0 Å². The summed E-state index contributed by atoms with van der Waals surface area (Å²) >= 11 is 0. The van der Waals surface area contributed by atoms with Gasteiger partial charge >= 0.3 is 0 Å². The molecule has 2 N–H and O–H groups in total. The van der Waals surface area contributed by atoms with E-state index in [1.54, 1.807) is 19.0 Å². The maximum absolute atomic E-state index is 13.9. The normalized spacial score (nSPS) is 15.9. The first-order chi connectivity index (χ1) is 10.5. The second kappa shape index (κ2) is 7.65. The molecule has 0 aromatic heterocycles. The topological polar surface area (TPSA) is 44.4 Å². The van der Waals surface area contributed by atoms with Gasteiger partial charge in [-0.15, -0.1) is 0 Å². The number of carbonyl (C=O) groups excluding carboxylic acids is 1. The van der Waals surface area contributed by atoms with Crippen molar-refractivity contribution in [2.75, 3.05) is 33.7 Å². The van der Waals surface area contributed by atoms with Crippen molar-refractivity contribution < 1.29 is 13.6 Å². The van der Waals surface area contributed by atoms with Crippen LogP contribution in [0.1, 0.15) is 24.4 Å². The van der Waals surface area contributed by atoms with E-state index in [9.17, 15) is 13.6 Å². The highest BCUT2D eigenvalue weighted by Gasteiger charge is 2.23. The van der Waals surface area contributed by atoms with Crippen molar-refractivity contribution in [3.63, 3.8) is 0 Å². The molecule has 1 aromatic carbocycles. The largest absolute Gasteiger partial charge is 0.353 e. The van der Waals surface area contributed by atoms with Gasteiger partial charge in [0.05, 0.1) is 12.6 Å². The van der Waals surface area contributed by atoms with Crippen molar-refractivity contribution >= 4 is 5.91 Å². The molecule has 0 radical (unpaired) electrons. The first-order valence-electron chi connectivity index (χ1n) is 7.56. The van der Waals surface area contributed by atoms with E-state index in [0.717, 1.165) is 6.54 Å². The Bertz CT molecular complexity index is 498. The molecule has 1 amide bonds. The van der Waals surface area contributed by atoms with Gasteiger partial charge in [0.25, 0.3) is 0 Å². The fourth-order valence-corrected chi connectivity index (χ4v) is 2.36. The quantitative estimate of drug-likeness (QED) is 0.768. The summed E-state index contributed by atoms with van der Waals surface area (Å²) in [4.78, 5) is 13.5. The lowest BCUT2D eigenvalue weighted by Crippen LogP contribution is -2.40. The van der Waals surface area contributed by atoms with Crippen LogP contribution in [-0.4, -0.2) is 44.5 Å². The third-order valence-electron chi connectivity index (χ3n) is 3.86. The van der Waals surface area contributed by atoms with Gasteiger partial charge in [0.2, 0.25) is 5.91 Å². The average Bonchev–Trinajstić information content (AvgIpc) is 3.25. The Morgan fingerprint density at radius 1 is 1.32 bits per heavy atom. The summed E-state index contributed by atoms with van der Waals surface area (Å²) in [5.74, 6) is -0.654. The molecule has 0 aliphatic heterocycles. The Morgan fingerprint density at radius 2 is 1.95 bits per heavy atom. The molecule has 1 aliphatic carbocycles. The zero-order chi connectivity index (χ0) is 16.1. The molecule has 4 nitrogen and oxygen atoms in total. The summed E-state index contributed by atoms with van der Waals surface area (Å²) in [6.45, 7) is 1.25. The van der Waals surface area contributed by atoms with Crippen LogP contribution in [0.4, 0.5) is 8.78 Å². The summed E-state index contributed by atoms with van der Waals surface area (Å²) in [6, 6.07) is 3.25. The zero-order valence-corrected chi connectivity index (χ0v) is 13.0. The van der Waals surface area contributed by atoms with Gasteiger partial charge in [-0.1, -0.05) is 6.07 Å². The fraction of sp³-hybridized carbons (Fsp3) is 0.562. The van der Waals surface area contributed by atoms with Crippen LogP contribution in [0.25, 0.3) is 0 Å². The number of rotatable bonds is 8. The lowest BCUT2D eigenvalue weighted by Gasteiger charge is -2.25. The third-order valence-corrected chi connectivity index (χ3v) is 3.86. The van der Waals surface area contributed by atoms with Crippen molar-refractivity contribution in [2.24, 2.45) is 5.92 Å². The van der Waals surface area contributed by atoms with Crippen LogP contribution >= 0.6 is 0 Å². The molecule has 22 heavy (non-hydrogen) atoms. The van der Waals surface area contributed by atoms with E-state index in [1.807, 2.05) is 0 Å². The Balaban J connectivity index is 1.89. The van der Waals surface area contributed by atoms with Crippen LogP contribution in [0.2, 0.25) is 0 Å². The monoisotopic (exact) mass is 311 g/mol. The van der Waals surface area contributed by atoms with E-state index in [-0.39, 0.29) is 24.6 Å². The first-order valence-corrected chi connectivity index (χ1v) is 7.56. The number of halogens is 2. The van der Waals surface area contributed by atoms with Gasteiger partial charge in [-0.2, -0.15) is 0 Å². The van der Waals surface area contributed by atoms with Crippen LogP contribution in [-0.2, 0) is 4.79 Å². The number of likely N-dealkylation sites (N-methyl/N-ethyl adjacent to an activating group) is 1. The van der Waals surface area contributed by atoms with E-state index in [4.69, 9.17) is 0 Å². The maximum Gasteiger partial charge on any atom is 0.234 e. The third kappa shape index (κ3) is 4.74. The lowest BCUT2D eigenvalue weighted by atomic mass is 10.0. The lowest BCUT2D eigenvalue weighted by molar-refractivity contribution is -0.120. The van der Waals surface area contributed by atoms with Gasteiger partial charge in [-0.05, 0) is 51.5 Å². The molecule has 122 valence electrons. The van der Waals surface area contributed by atoms with Crippen LogP contribution in [0.3, 0.4) is 0 Å². The number of nitrogens with one attached hydrogen (secondary N) is 2. The highest BCUT2D eigenvalue weighted by atomic mass is 19.1. The molecule has 6 heteroatoms. The van der Waals surface area contributed by atoms with Crippen molar-refractivity contribution in [1.82, 2.24) is 15.5 Å². The summed E-state index contributed by atoms with van der Waals surface area (Å²) < 4.78 is 27.8. The summed E-state index contributed by atoms with van der Waals surface area (Å²) in [5.41, 5.74) is -0.0151.